The fraction of sp³-hybridized carbons (Fsp3) is 0.417. The van der Waals surface area contributed by atoms with E-state index in [1.807, 2.05) is 0 Å². The van der Waals surface area contributed by atoms with Crippen LogP contribution in [0.3, 0.4) is 0 Å². The molecule has 0 heterocycles. The molecule has 6 heteroatoms. The Balaban J connectivity index is 1.76. The first-order valence-corrected chi connectivity index (χ1v) is 10.4. The van der Waals surface area contributed by atoms with E-state index in [-0.39, 0.29) is 18.4 Å². The van der Waals surface area contributed by atoms with Gasteiger partial charge in [-0.25, -0.2) is 0 Å². The number of benzene rings is 2. The molecule has 0 bridgehead atoms. The summed E-state index contributed by atoms with van der Waals surface area (Å²) in [7, 11) is 1.70. The summed E-state index contributed by atoms with van der Waals surface area (Å²) in [6.07, 6.45) is 2.79. The quantitative estimate of drug-likeness (QED) is 0.525. The highest BCUT2D eigenvalue weighted by Crippen LogP contribution is 2.45. The van der Waals surface area contributed by atoms with Crippen LogP contribution in [0.4, 0.5) is 0 Å². The first-order valence-electron chi connectivity index (χ1n) is 10.4. The van der Waals surface area contributed by atoms with E-state index in [0.717, 1.165) is 30.4 Å². The van der Waals surface area contributed by atoms with E-state index in [1.54, 1.807) is 7.11 Å². The Morgan fingerprint density at radius 2 is 1.77 bits per heavy atom. The zero-order valence-corrected chi connectivity index (χ0v) is 17.4. The molecule has 2 aromatic rings. The largest absolute Gasteiger partial charge is 0.467 e. The minimum Gasteiger partial charge on any atom is -0.467 e. The molecule has 1 atom stereocenters. The molecule has 30 heavy (non-hydrogen) atoms. The van der Waals surface area contributed by atoms with Crippen molar-refractivity contribution in [3.63, 3.8) is 0 Å². The Labute approximate surface area is 177 Å². The number of rotatable bonds is 12. The minimum absolute atomic E-state index is 0.00972. The van der Waals surface area contributed by atoms with Crippen molar-refractivity contribution in [1.29, 1.82) is 0 Å². The maximum atomic E-state index is 11.7. The van der Waals surface area contributed by atoms with E-state index in [4.69, 9.17) is 14.6 Å². The molecule has 0 aromatic heterocycles. The molecule has 2 aromatic carbocycles. The summed E-state index contributed by atoms with van der Waals surface area (Å²) in [5.74, 6) is -0.0334. The van der Waals surface area contributed by atoms with Gasteiger partial charge in [-0.3, -0.25) is 9.59 Å². The van der Waals surface area contributed by atoms with E-state index >= 15 is 0 Å². The lowest BCUT2D eigenvalue weighted by Crippen LogP contribution is -2.26. The predicted molar refractivity (Wildman–Crippen MR) is 114 cm³/mol. The smallest absolute Gasteiger partial charge is 0.293 e. The molecule has 0 aliphatic heterocycles. The van der Waals surface area contributed by atoms with Crippen LogP contribution in [0, 0.1) is 0 Å². The lowest BCUT2D eigenvalue weighted by Gasteiger charge is -2.14. The molecule has 0 radical (unpaired) electrons. The van der Waals surface area contributed by atoms with Crippen LogP contribution in [0.1, 0.15) is 41.0 Å². The zero-order chi connectivity index (χ0) is 21.3. The number of methoxy groups -OCH3 is 1. The number of aliphatic hydroxyl groups excluding tert-OH is 1. The van der Waals surface area contributed by atoms with E-state index in [0.29, 0.717) is 32.7 Å². The van der Waals surface area contributed by atoms with Crippen molar-refractivity contribution in [1.82, 2.24) is 5.32 Å². The molecule has 1 amide bonds. The van der Waals surface area contributed by atoms with Crippen LogP contribution in [-0.2, 0) is 31.9 Å². The van der Waals surface area contributed by atoms with Crippen molar-refractivity contribution in [2.24, 2.45) is 0 Å². The highest BCUT2D eigenvalue weighted by molar-refractivity contribution is 5.80. The topological polar surface area (TPSA) is 84.9 Å². The molecule has 0 spiro atoms. The average molecular weight is 411 g/mol. The summed E-state index contributed by atoms with van der Waals surface area (Å²) in [6.45, 7) is 1.72. The van der Waals surface area contributed by atoms with Gasteiger partial charge in [0.2, 0.25) is 5.91 Å². The highest BCUT2D eigenvalue weighted by Gasteiger charge is 2.29. The van der Waals surface area contributed by atoms with Crippen LogP contribution in [0.15, 0.2) is 36.4 Å². The second kappa shape index (κ2) is 10.9. The van der Waals surface area contributed by atoms with Crippen molar-refractivity contribution >= 4 is 12.4 Å². The van der Waals surface area contributed by atoms with Gasteiger partial charge in [0, 0.05) is 26.0 Å². The van der Waals surface area contributed by atoms with Crippen LogP contribution in [-0.4, -0.2) is 51.0 Å². The van der Waals surface area contributed by atoms with Gasteiger partial charge in [0.15, 0.2) is 0 Å². The van der Waals surface area contributed by atoms with Gasteiger partial charge >= 0.3 is 0 Å². The van der Waals surface area contributed by atoms with Crippen molar-refractivity contribution in [3.05, 3.63) is 58.7 Å². The number of hydrogen-bond acceptors (Lipinski definition) is 5. The van der Waals surface area contributed by atoms with E-state index in [2.05, 4.69) is 41.7 Å². The van der Waals surface area contributed by atoms with Crippen molar-refractivity contribution in [2.75, 3.05) is 33.5 Å². The van der Waals surface area contributed by atoms with Crippen molar-refractivity contribution in [3.8, 4) is 11.1 Å². The van der Waals surface area contributed by atoms with Gasteiger partial charge in [0.1, 0.15) is 6.61 Å². The predicted octanol–water partition coefficient (Wildman–Crippen LogP) is 2.59. The molecule has 2 N–H and O–H groups in total. The number of ether oxygens (including phenoxy) is 2. The number of hydrogen-bond donors (Lipinski definition) is 2. The molecule has 0 fully saturated rings. The number of carbonyl (C=O) groups is 2. The molecule has 160 valence electrons. The van der Waals surface area contributed by atoms with Crippen molar-refractivity contribution in [2.45, 2.75) is 31.6 Å². The summed E-state index contributed by atoms with van der Waals surface area (Å²) in [5, 5.41) is 11.5. The molecule has 1 unspecified atom stereocenters. The summed E-state index contributed by atoms with van der Waals surface area (Å²) in [6, 6.07) is 12.9. The Morgan fingerprint density at radius 3 is 2.37 bits per heavy atom. The van der Waals surface area contributed by atoms with E-state index in [1.165, 1.54) is 22.3 Å². The van der Waals surface area contributed by atoms with Crippen LogP contribution in [0.5, 0.6) is 0 Å². The summed E-state index contributed by atoms with van der Waals surface area (Å²) < 4.78 is 10.4. The molecular weight excluding hydrogens is 382 g/mol. The average Bonchev–Trinajstić information content (AvgIpc) is 3.07. The third kappa shape index (κ3) is 5.26. The van der Waals surface area contributed by atoms with Crippen LogP contribution in [0.25, 0.3) is 11.1 Å². The van der Waals surface area contributed by atoms with Gasteiger partial charge < -0.3 is 19.9 Å². The van der Waals surface area contributed by atoms with Gasteiger partial charge in [-0.15, -0.1) is 0 Å². The number of amides is 1. The Kier molecular flexibility index (Phi) is 7.99. The Bertz CT molecular complexity index is 880. The maximum absolute atomic E-state index is 11.7. The lowest BCUT2D eigenvalue weighted by atomic mass is 9.94. The first kappa shape index (κ1) is 22.0. The Morgan fingerprint density at radius 1 is 1.10 bits per heavy atom. The van der Waals surface area contributed by atoms with Gasteiger partial charge in [-0.2, -0.15) is 0 Å². The summed E-state index contributed by atoms with van der Waals surface area (Å²) in [4.78, 5) is 22.6. The van der Waals surface area contributed by atoms with Gasteiger partial charge in [-0.1, -0.05) is 36.4 Å². The summed E-state index contributed by atoms with van der Waals surface area (Å²) >= 11 is 0. The second-order valence-electron chi connectivity index (χ2n) is 7.50. The molecule has 0 saturated carbocycles. The van der Waals surface area contributed by atoms with Crippen LogP contribution >= 0.6 is 0 Å². The lowest BCUT2D eigenvalue weighted by molar-refractivity contribution is -0.129. The monoisotopic (exact) mass is 411 g/mol. The highest BCUT2D eigenvalue weighted by atomic mass is 16.5. The first-order chi connectivity index (χ1) is 14.7. The zero-order valence-electron chi connectivity index (χ0n) is 17.4. The normalized spacial score (nSPS) is 14.1. The number of nitrogens with one attached hydrogen (secondary N) is 1. The fourth-order valence-electron chi connectivity index (χ4n) is 4.04. The fourth-order valence-corrected chi connectivity index (χ4v) is 4.04. The number of carbonyl (C=O) groups excluding carboxylic acids is 2. The third-order valence-electron chi connectivity index (χ3n) is 5.50. The van der Waals surface area contributed by atoms with Gasteiger partial charge in [-0.05, 0) is 52.6 Å². The van der Waals surface area contributed by atoms with Gasteiger partial charge in [0.05, 0.1) is 13.2 Å². The summed E-state index contributed by atoms with van der Waals surface area (Å²) in [5.41, 5.74) is 7.06. The SMILES string of the molecule is COCCc1ccc2c(c1)C(COC=O)c1cc(CCCC(=O)NCCO)ccc1-2. The third-order valence-corrected chi connectivity index (χ3v) is 5.50. The second-order valence-corrected chi connectivity index (χ2v) is 7.50. The number of fused-ring (bicyclic) bond motifs is 3. The van der Waals surface area contributed by atoms with Crippen molar-refractivity contribution < 1.29 is 24.2 Å². The standard InChI is InChI=1S/C24H29NO5/c1-29-12-9-18-6-8-20-19-7-5-17(3-2-4-24(28)25-10-11-26)13-21(19)23(15-30-16-27)22(20)14-18/h5-8,13-14,16,23,26H,2-4,9-12,15H2,1H3,(H,25,28). The Hall–Kier alpha value is -2.70. The van der Waals surface area contributed by atoms with Crippen LogP contribution in [0.2, 0.25) is 0 Å². The molecule has 1 aliphatic rings. The minimum atomic E-state index is -0.0471. The molecule has 1 aliphatic carbocycles. The number of aliphatic hydroxyl groups is 1. The van der Waals surface area contributed by atoms with E-state index < -0.39 is 0 Å². The maximum Gasteiger partial charge on any atom is 0.293 e. The molecule has 6 nitrogen and oxygen atoms in total. The van der Waals surface area contributed by atoms with Crippen LogP contribution < -0.4 is 5.32 Å². The molecule has 0 saturated heterocycles. The van der Waals surface area contributed by atoms with Gasteiger partial charge in [0.25, 0.3) is 6.47 Å². The number of aryl methyl sites for hydroxylation is 1. The van der Waals surface area contributed by atoms with E-state index in [9.17, 15) is 9.59 Å². The molecular formula is C24H29NO5. The molecule has 3 rings (SSSR count).